The van der Waals surface area contributed by atoms with Crippen LogP contribution >= 0.6 is 0 Å². The Kier molecular flexibility index (Phi) is 6.38. The molecule has 142 valence electrons. The van der Waals surface area contributed by atoms with Crippen molar-refractivity contribution < 1.29 is 14.5 Å². The van der Waals surface area contributed by atoms with Gasteiger partial charge >= 0.3 is 0 Å². The minimum Gasteiger partial charge on any atom is -0.484 e. The van der Waals surface area contributed by atoms with Gasteiger partial charge in [0.25, 0.3) is 11.6 Å². The number of amides is 1. The number of carbonyl (C=O) groups is 1. The van der Waals surface area contributed by atoms with Crippen molar-refractivity contribution in [3.8, 4) is 5.75 Å². The number of carbonyl (C=O) groups excluding carboxylic acids is 1. The summed E-state index contributed by atoms with van der Waals surface area (Å²) in [5, 5.41) is 13.6. The van der Waals surface area contributed by atoms with Crippen LogP contribution in [0.5, 0.6) is 5.75 Å². The van der Waals surface area contributed by atoms with Crippen molar-refractivity contribution in [2.75, 3.05) is 19.7 Å². The molecule has 2 aromatic carbocycles. The summed E-state index contributed by atoms with van der Waals surface area (Å²) in [6.07, 6.45) is 1.83. The molecule has 0 aromatic heterocycles. The van der Waals surface area contributed by atoms with E-state index in [2.05, 4.69) is 22.3 Å². The monoisotopic (exact) mass is 369 g/mol. The van der Waals surface area contributed by atoms with Gasteiger partial charge in [-0.2, -0.15) is 0 Å². The topological polar surface area (TPSA) is 84.7 Å². The molecule has 0 atom stereocenters. The number of rotatable bonds is 7. The normalized spacial score (nSPS) is 15.3. The molecule has 0 bridgehead atoms. The lowest BCUT2D eigenvalue weighted by molar-refractivity contribution is -0.384. The first-order chi connectivity index (χ1) is 13.1. The van der Waals surface area contributed by atoms with Crippen molar-refractivity contribution >= 4 is 11.6 Å². The molecule has 1 aliphatic rings. The third-order valence-corrected chi connectivity index (χ3v) is 4.62. The highest BCUT2D eigenvalue weighted by atomic mass is 16.6. The molecule has 7 heteroatoms. The van der Waals surface area contributed by atoms with Gasteiger partial charge in [0.15, 0.2) is 6.61 Å². The number of ether oxygens (including phenoxy) is 1. The minimum atomic E-state index is -0.472. The zero-order valence-corrected chi connectivity index (χ0v) is 15.0. The second-order valence-electron chi connectivity index (χ2n) is 6.64. The smallest absolute Gasteiger partial charge is 0.269 e. The molecule has 0 unspecified atom stereocenters. The van der Waals surface area contributed by atoms with E-state index < -0.39 is 4.92 Å². The predicted octanol–water partition coefficient (Wildman–Crippen LogP) is 2.75. The molecule has 1 heterocycles. The molecule has 1 amide bonds. The number of nitro benzene ring substituents is 1. The third-order valence-electron chi connectivity index (χ3n) is 4.62. The first-order valence-corrected chi connectivity index (χ1v) is 9.03. The summed E-state index contributed by atoms with van der Waals surface area (Å²) in [4.78, 5) is 24.6. The van der Waals surface area contributed by atoms with Gasteiger partial charge in [-0.3, -0.25) is 19.8 Å². The average Bonchev–Trinajstić information content (AvgIpc) is 2.69. The maximum atomic E-state index is 12.1. The highest BCUT2D eigenvalue weighted by Crippen LogP contribution is 2.17. The molecule has 2 aromatic rings. The number of nitro groups is 1. The number of hydrogen-bond donors (Lipinski definition) is 1. The molecule has 1 aliphatic heterocycles. The molecule has 0 aliphatic carbocycles. The first-order valence-electron chi connectivity index (χ1n) is 9.03. The van der Waals surface area contributed by atoms with E-state index in [4.69, 9.17) is 4.74 Å². The number of benzene rings is 2. The SMILES string of the molecule is O=C(COc1ccc([N+](=O)[O-])cc1)NC1CCN(Cc2ccccc2)CC1. The molecule has 0 radical (unpaired) electrons. The van der Waals surface area contributed by atoms with Crippen molar-refractivity contribution in [3.05, 3.63) is 70.3 Å². The van der Waals surface area contributed by atoms with Crippen molar-refractivity contribution in [2.24, 2.45) is 0 Å². The number of likely N-dealkylation sites (tertiary alicyclic amines) is 1. The summed E-state index contributed by atoms with van der Waals surface area (Å²) < 4.78 is 5.40. The van der Waals surface area contributed by atoms with Gasteiger partial charge in [0, 0.05) is 37.8 Å². The van der Waals surface area contributed by atoms with Crippen LogP contribution in [0, 0.1) is 10.1 Å². The van der Waals surface area contributed by atoms with Crippen LogP contribution in [0.3, 0.4) is 0 Å². The molecule has 1 saturated heterocycles. The van der Waals surface area contributed by atoms with Gasteiger partial charge in [-0.1, -0.05) is 30.3 Å². The van der Waals surface area contributed by atoms with Gasteiger partial charge in [0.05, 0.1) is 4.92 Å². The zero-order chi connectivity index (χ0) is 19.1. The van der Waals surface area contributed by atoms with Gasteiger partial charge in [-0.25, -0.2) is 0 Å². The molecular formula is C20H23N3O4. The maximum Gasteiger partial charge on any atom is 0.269 e. The van der Waals surface area contributed by atoms with E-state index in [1.165, 1.54) is 29.8 Å². The molecule has 27 heavy (non-hydrogen) atoms. The Hall–Kier alpha value is -2.93. The Balaban J connectivity index is 1.37. The molecule has 3 rings (SSSR count). The molecule has 1 N–H and O–H groups in total. The van der Waals surface area contributed by atoms with Crippen LogP contribution < -0.4 is 10.1 Å². The lowest BCUT2D eigenvalue weighted by atomic mass is 10.0. The molecular weight excluding hydrogens is 346 g/mol. The zero-order valence-electron chi connectivity index (χ0n) is 15.0. The third kappa shape index (κ3) is 5.79. The fourth-order valence-electron chi connectivity index (χ4n) is 3.16. The summed E-state index contributed by atoms with van der Waals surface area (Å²) in [5.41, 5.74) is 1.30. The Morgan fingerprint density at radius 2 is 1.78 bits per heavy atom. The van der Waals surface area contributed by atoms with E-state index >= 15 is 0 Å². The Bertz CT molecular complexity index is 757. The second kappa shape index (κ2) is 9.14. The Morgan fingerprint density at radius 1 is 1.11 bits per heavy atom. The number of piperidine rings is 1. The van der Waals surface area contributed by atoms with Gasteiger partial charge in [0.2, 0.25) is 0 Å². The van der Waals surface area contributed by atoms with Crippen LogP contribution in [0.2, 0.25) is 0 Å². The van der Waals surface area contributed by atoms with Gasteiger partial charge in [-0.15, -0.1) is 0 Å². The first kappa shape index (κ1) is 18.8. The van der Waals surface area contributed by atoms with E-state index in [0.29, 0.717) is 5.75 Å². The van der Waals surface area contributed by atoms with Gasteiger partial charge < -0.3 is 10.1 Å². The van der Waals surface area contributed by atoms with E-state index in [1.807, 2.05) is 18.2 Å². The van der Waals surface area contributed by atoms with Crippen LogP contribution in [0.4, 0.5) is 5.69 Å². The molecule has 1 fully saturated rings. The van der Waals surface area contributed by atoms with Gasteiger partial charge in [-0.05, 0) is 30.5 Å². The van der Waals surface area contributed by atoms with Crippen LogP contribution in [0.15, 0.2) is 54.6 Å². The van der Waals surface area contributed by atoms with Gasteiger partial charge in [0.1, 0.15) is 5.75 Å². The van der Waals surface area contributed by atoms with E-state index in [9.17, 15) is 14.9 Å². The van der Waals surface area contributed by atoms with Crippen molar-refractivity contribution in [1.82, 2.24) is 10.2 Å². The van der Waals surface area contributed by atoms with Crippen molar-refractivity contribution in [3.63, 3.8) is 0 Å². The summed E-state index contributed by atoms with van der Waals surface area (Å²) in [5.74, 6) is 0.267. The largest absolute Gasteiger partial charge is 0.484 e. The molecule has 0 spiro atoms. The predicted molar refractivity (Wildman–Crippen MR) is 101 cm³/mol. The highest BCUT2D eigenvalue weighted by molar-refractivity contribution is 5.77. The molecule has 0 saturated carbocycles. The van der Waals surface area contributed by atoms with E-state index in [0.717, 1.165) is 32.5 Å². The summed E-state index contributed by atoms with van der Waals surface area (Å²) >= 11 is 0. The minimum absolute atomic E-state index is 0.00550. The number of hydrogen-bond acceptors (Lipinski definition) is 5. The Labute approximate surface area is 158 Å². The van der Waals surface area contributed by atoms with E-state index in [-0.39, 0.29) is 24.2 Å². The standard InChI is InChI=1S/C20H23N3O4/c24-20(15-27-19-8-6-18(7-9-19)23(25)26)21-17-10-12-22(13-11-17)14-16-4-2-1-3-5-16/h1-9,17H,10-15H2,(H,21,24). The van der Waals surface area contributed by atoms with Crippen LogP contribution in [-0.4, -0.2) is 41.5 Å². The van der Waals surface area contributed by atoms with Crippen molar-refractivity contribution in [1.29, 1.82) is 0 Å². The number of nitrogens with one attached hydrogen (secondary N) is 1. The lowest BCUT2D eigenvalue weighted by Crippen LogP contribution is -2.45. The summed E-state index contributed by atoms with van der Waals surface area (Å²) in [7, 11) is 0. The fourth-order valence-corrected chi connectivity index (χ4v) is 3.16. The number of nitrogens with zero attached hydrogens (tertiary/aromatic N) is 2. The summed E-state index contributed by atoms with van der Waals surface area (Å²) in [6, 6.07) is 16.2. The van der Waals surface area contributed by atoms with E-state index in [1.54, 1.807) is 0 Å². The van der Waals surface area contributed by atoms with Crippen LogP contribution in [0.1, 0.15) is 18.4 Å². The maximum absolute atomic E-state index is 12.1. The van der Waals surface area contributed by atoms with Crippen LogP contribution in [-0.2, 0) is 11.3 Å². The van der Waals surface area contributed by atoms with Crippen LogP contribution in [0.25, 0.3) is 0 Å². The second-order valence-corrected chi connectivity index (χ2v) is 6.64. The van der Waals surface area contributed by atoms with Crippen molar-refractivity contribution in [2.45, 2.75) is 25.4 Å². The summed E-state index contributed by atoms with van der Waals surface area (Å²) in [6.45, 7) is 2.74. The Morgan fingerprint density at radius 3 is 2.41 bits per heavy atom. The fraction of sp³-hybridized carbons (Fsp3) is 0.350. The number of non-ortho nitro benzene ring substituents is 1. The lowest BCUT2D eigenvalue weighted by Gasteiger charge is -2.32. The molecule has 7 nitrogen and oxygen atoms in total. The average molecular weight is 369 g/mol. The quantitative estimate of drug-likeness (QED) is 0.599. The highest BCUT2D eigenvalue weighted by Gasteiger charge is 2.20.